The number of benzene rings is 1. The standard InChI is InChI=1S/C15H18N2O2/c1-12-6-7-17(15(18)10-12)8-9-19-14-4-2-13(11-16)3-5-14/h2-7,10H,8-9,11,16H2,1H3. The predicted molar refractivity (Wildman–Crippen MR) is 75.3 cm³/mol. The summed E-state index contributed by atoms with van der Waals surface area (Å²) < 4.78 is 7.23. The average Bonchev–Trinajstić information content (AvgIpc) is 2.42. The lowest BCUT2D eigenvalue weighted by Crippen LogP contribution is -2.21. The Morgan fingerprint density at radius 2 is 1.95 bits per heavy atom. The molecule has 0 saturated carbocycles. The number of aryl methyl sites for hydroxylation is 1. The van der Waals surface area contributed by atoms with Crippen LogP contribution in [0.25, 0.3) is 0 Å². The van der Waals surface area contributed by atoms with Gasteiger partial charge in [-0.1, -0.05) is 12.1 Å². The molecule has 2 N–H and O–H groups in total. The van der Waals surface area contributed by atoms with Crippen LogP contribution in [-0.2, 0) is 13.1 Å². The summed E-state index contributed by atoms with van der Waals surface area (Å²) in [7, 11) is 0. The molecule has 0 bridgehead atoms. The van der Waals surface area contributed by atoms with Crippen molar-refractivity contribution < 1.29 is 4.74 Å². The summed E-state index contributed by atoms with van der Waals surface area (Å²) in [6.07, 6.45) is 1.79. The maximum absolute atomic E-state index is 11.7. The minimum Gasteiger partial charge on any atom is -0.492 e. The first-order valence-corrected chi connectivity index (χ1v) is 6.28. The molecule has 0 aliphatic heterocycles. The Bertz CT molecular complexity index is 588. The maximum Gasteiger partial charge on any atom is 0.250 e. The van der Waals surface area contributed by atoms with E-state index in [4.69, 9.17) is 10.5 Å². The van der Waals surface area contributed by atoms with E-state index in [0.29, 0.717) is 19.7 Å². The van der Waals surface area contributed by atoms with Gasteiger partial charge in [0.2, 0.25) is 0 Å². The molecule has 100 valence electrons. The summed E-state index contributed by atoms with van der Waals surface area (Å²) in [5.74, 6) is 0.789. The van der Waals surface area contributed by atoms with E-state index in [1.54, 1.807) is 16.8 Å². The Hall–Kier alpha value is -2.07. The van der Waals surface area contributed by atoms with Gasteiger partial charge < -0.3 is 15.0 Å². The molecule has 0 radical (unpaired) electrons. The molecule has 0 aliphatic rings. The van der Waals surface area contributed by atoms with Crippen LogP contribution >= 0.6 is 0 Å². The number of aromatic nitrogens is 1. The minimum absolute atomic E-state index is 0.00193. The van der Waals surface area contributed by atoms with Crippen LogP contribution in [0.5, 0.6) is 5.75 Å². The van der Waals surface area contributed by atoms with Crippen LogP contribution in [0.1, 0.15) is 11.1 Å². The van der Waals surface area contributed by atoms with E-state index in [1.807, 2.05) is 37.3 Å². The Labute approximate surface area is 112 Å². The third-order valence-electron chi connectivity index (χ3n) is 2.91. The third-order valence-corrected chi connectivity index (χ3v) is 2.91. The van der Waals surface area contributed by atoms with Crippen LogP contribution in [-0.4, -0.2) is 11.2 Å². The van der Waals surface area contributed by atoms with Gasteiger partial charge in [-0.15, -0.1) is 0 Å². The summed E-state index contributed by atoms with van der Waals surface area (Å²) in [6, 6.07) is 11.2. The molecule has 0 spiro atoms. The first-order chi connectivity index (χ1) is 9.19. The molecule has 0 saturated heterocycles. The number of hydrogen-bond donors (Lipinski definition) is 1. The molecule has 0 aliphatic carbocycles. The van der Waals surface area contributed by atoms with Gasteiger partial charge in [0.15, 0.2) is 0 Å². The highest BCUT2D eigenvalue weighted by atomic mass is 16.5. The fourth-order valence-corrected chi connectivity index (χ4v) is 1.78. The van der Waals surface area contributed by atoms with Gasteiger partial charge in [0.1, 0.15) is 12.4 Å². The number of hydrogen-bond acceptors (Lipinski definition) is 3. The van der Waals surface area contributed by atoms with Crippen molar-refractivity contribution in [2.75, 3.05) is 6.61 Å². The largest absolute Gasteiger partial charge is 0.492 e. The summed E-state index contributed by atoms with van der Waals surface area (Å²) in [6.45, 7) is 3.43. The fourth-order valence-electron chi connectivity index (χ4n) is 1.78. The average molecular weight is 258 g/mol. The molecule has 0 fully saturated rings. The molecule has 1 aromatic carbocycles. The van der Waals surface area contributed by atoms with E-state index in [-0.39, 0.29) is 5.56 Å². The van der Waals surface area contributed by atoms with Gasteiger partial charge in [-0.2, -0.15) is 0 Å². The molecule has 4 heteroatoms. The highest BCUT2D eigenvalue weighted by Crippen LogP contribution is 2.11. The molecule has 0 atom stereocenters. The van der Waals surface area contributed by atoms with Crippen molar-refractivity contribution in [3.05, 3.63) is 64.1 Å². The zero-order valence-electron chi connectivity index (χ0n) is 11.0. The number of nitrogens with two attached hydrogens (primary N) is 1. The Morgan fingerprint density at radius 3 is 2.58 bits per heavy atom. The van der Waals surface area contributed by atoms with Gasteiger partial charge in [0, 0.05) is 18.8 Å². The molecule has 2 aromatic rings. The van der Waals surface area contributed by atoms with Crippen LogP contribution < -0.4 is 16.0 Å². The second kappa shape index (κ2) is 6.20. The molecule has 1 heterocycles. The first kappa shape index (κ1) is 13.4. The van der Waals surface area contributed by atoms with Crippen LogP contribution in [0.4, 0.5) is 0 Å². The van der Waals surface area contributed by atoms with Crippen molar-refractivity contribution in [1.82, 2.24) is 4.57 Å². The third kappa shape index (κ3) is 3.69. The molecule has 19 heavy (non-hydrogen) atoms. The summed E-state index contributed by atoms with van der Waals surface area (Å²) in [5.41, 5.74) is 7.57. The zero-order valence-corrected chi connectivity index (χ0v) is 11.0. The monoisotopic (exact) mass is 258 g/mol. The lowest BCUT2D eigenvalue weighted by Gasteiger charge is -2.08. The zero-order chi connectivity index (χ0) is 13.7. The Kier molecular flexibility index (Phi) is 4.36. The molecule has 0 unspecified atom stereocenters. The maximum atomic E-state index is 11.7. The van der Waals surface area contributed by atoms with Gasteiger partial charge in [-0.05, 0) is 36.2 Å². The molecular weight excluding hydrogens is 240 g/mol. The van der Waals surface area contributed by atoms with Crippen LogP contribution in [0, 0.1) is 6.92 Å². The molecular formula is C15H18N2O2. The first-order valence-electron chi connectivity index (χ1n) is 6.28. The Balaban J connectivity index is 1.90. The molecule has 1 aromatic heterocycles. The molecule has 4 nitrogen and oxygen atoms in total. The van der Waals surface area contributed by atoms with E-state index in [1.165, 1.54) is 0 Å². The normalized spacial score (nSPS) is 10.4. The smallest absolute Gasteiger partial charge is 0.250 e. The van der Waals surface area contributed by atoms with Crippen molar-refractivity contribution in [2.24, 2.45) is 5.73 Å². The lowest BCUT2D eigenvalue weighted by atomic mass is 10.2. The van der Waals surface area contributed by atoms with E-state index >= 15 is 0 Å². The number of pyridine rings is 1. The summed E-state index contributed by atoms with van der Waals surface area (Å²) in [5, 5.41) is 0. The topological polar surface area (TPSA) is 57.2 Å². The van der Waals surface area contributed by atoms with Crippen LogP contribution in [0.2, 0.25) is 0 Å². The van der Waals surface area contributed by atoms with Crippen molar-refractivity contribution in [1.29, 1.82) is 0 Å². The Morgan fingerprint density at radius 1 is 1.21 bits per heavy atom. The number of nitrogens with zero attached hydrogens (tertiary/aromatic N) is 1. The second-order valence-corrected chi connectivity index (χ2v) is 4.43. The van der Waals surface area contributed by atoms with Crippen LogP contribution in [0.3, 0.4) is 0 Å². The van der Waals surface area contributed by atoms with Gasteiger partial charge in [0.05, 0.1) is 6.54 Å². The van der Waals surface area contributed by atoms with E-state index in [9.17, 15) is 4.79 Å². The summed E-state index contributed by atoms with van der Waals surface area (Å²) >= 11 is 0. The summed E-state index contributed by atoms with van der Waals surface area (Å²) in [4.78, 5) is 11.7. The quantitative estimate of drug-likeness (QED) is 0.888. The van der Waals surface area contributed by atoms with Crippen molar-refractivity contribution >= 4 is 0 Å². The molecule has 0 amide bonds. The number of ether oxygens (including phenoxy) is 1. The van der Waals surface area contributed by atoms with Gasteiger partial charge in [-0.25, -0.2) is 0 Å². The van der Waals surface area contributed by atoms with E-state index in [0.717, 1.165) is 16.9 Å². The number of rotatable bonds is 5. The van der Waals surface area contributed by atoms with Crippen LogP contribution in [0.15, 0.2) is 47.4 Å². The van der Waals surface area contributed by atoms with Crippen molar-refractivity contribution in [3.8, 4) is 5.75 Å². The minimum atomic E-state index is 0.00193. The SMILES string of the molecule is Cc1ccn(CCOc2ccc(CN)cc2)c(=O)c1. The van der Waals surface area contributed by atoms with Gasteiger partial charge >= 0.3 is 0 Å². The van der Waals surface area contributed by atoms with E-state index in [2.05, 4.69) is 0 Å². The fraction of sp³-hybridized carbons (Fsp3) is 0.267. The van der Waals surface area contributed by atoms with Gasteiger partial charge in [-0.3, -0.25) is 4.79 Å². The molecule has 2 rings (SSSR count). The second-order valence-electron chi connectivity index (χ2n) is 4.43. The predicted octanol–water partition coefficient (Wildman–Crippen LogP) is 1.69. The highest BCUT2D eigenvalue weighted by molar-refractivity contribution is 5.27. The lowest BCUT2D eigenvalue weighted by molar-refractivity contribution is 0.296. The highest BCUT2D eigenvalue weighted by Gasteiger charge is 1.98. The van der Waals surface area contributed by atoms with Crippen molar-refractivity contribution in [3.63, 3.8) is 0 Å². The van der Waals surface area contributed by atoms with Gasteiger partial charge in [0.25, 0.3) is 5.56 Å². The van der Waals surface area contributed by atoms with Crippen molar-refractivity contribution in [2.45, 2.75) is 20.0 Å². The van der Waals surface area contributed by atoms with E-state index < -0.39 is 0 Å².